The summed E-state index contributed by atoms with van der Waals surface area (Å²) in [6.07, 6.45) is 1.74. The fraction of sp³-hybridized carbons (Fsp3) is 0.353. The van der Waals surface area contributed by atoms with Gasteiger partial charge in [-0.1, -0.05) is 0 Å². The maximum atomic E-state index is 12.4. The third-order valence-corrected chi connectivity index (χ3v) is 5.11. The molecule has 1 amide bonds. The van der Waals surface area contributed by atoms with Gasteiger partial charge < -0.3 is 9.32 Å². The third kappa shape index (κ3) is 3.22. The molecule has 4 rings (SSSR count). The summed E-state index contributed by atoms with van der Waals surface area (Å²) in [4.78, 5) is 33.7. The highest BCUT2D eigenvalue weighted by Crippen LogP contribution is 2.14. The van der Waals surface area contributed by atoms with Gasteiger partial charge in [0, 0.05) is 50.4 Å². The van der Waals surface area contributed by atoms with Crippen molar-refractivity contribution in [3.05, 3.63) is 57.3 Å². The van der Waals surface area contributed by atoms with Gasteiger partial charge in [-0.15, -0.1) is 11.3 Å². The summed E-state index contributed by atoms with van der Waals surface area (Å²) in [5, 5.41) is 1.86. The van der Waals surface area contributed by atoms with E-state index in [2.05, 4.69) is 9.88 Å². The van der Waals surface area contributed by atoms with E-state index in [1.54, 1.807) is 33.7 Å². The van der Waals surface area contributed by atoms with Gasteiger partial charge in [-0.3, -0.25) is 18.9 Å². The van der Waals surface area contributed by atoms with Gasteiger partial charge in [0.25, 0.3) is 11.5 Å². The highest BCUT2D eigenvalue weighted by atomic mass is 32.1. The predicted octanol–water partition coefficient (Wildman–Crippen LogP) is 1.62. The van der Waals surface area contributed by atoms with Crippen molar-refractivity contribution in [2.75, 3.05) is 26.2 Å². The van der Waals surface area contributed by atoms with E-state index < -0.39 is 0 Å². The number of fused-ring (bicyclic) bond motifs is 1. The van der Waals surface area contributed by atoms with Gasteiger partial charge in [0.1, 0.15) is 5.76 Å². The second-order valence-electron chi connectivity index (χ2n) is 6.12. The van der Waals surface area contributed by atoms with Crippen LogP contribution in [0.1, 0.15) is 22.0 Å². The average molecular weight is 358 g/mol. The molecular formula is C17H18N4O3S. The second kappa shape index (κ2) is 6.45. The Hall–Kier alpha value is -2.45. The van der Waals surface area contributed by atoms with Gasteiger partial charge in [0.15, 0.2) is 10.7 Å². The average Bonchev–Trinajstić information content (AvgIpc) is 3.24. The van der Waals surface area contributed by atoms with Crippen LogP contribution in [0.15, 0.2) is 39.0 Å². The molecule has 0 unspecified atom stereocenters. The van der Waals surface area contributed by atoms with E-state index in [0.29, 0.717) is 30.4 Å². The van der Waals surface area contributed by atoms with Crippen molar-refractivity contribution in [3.63, 3.8) is 0 Å². The van der Waals surface area contributed by atoms with Crippen LogP contribution in [-0.4, -0.2) is 51.3 Å². The van der Waals surface area contributed by atoms with Crippen LogP contribution in [0.2, 0.25) is 0 Å². The Kier molecular flexibility index (Phi) is 4.14. The number of carbonyl (C=O) groups is 1. The van der Waals surface area contributed by atoms with Crippen molar-refractivity contribution in [3.8, 4) is 0 Å². The molecule has 0 N–H and O–H groups in total. The zero-order valence-electron chi connectivity index (χ0n) is 13.8. The van der Waals surface area contributed by atoms with Crippen molar-refractivity contribution in [2.24, 2.45) is 0 Å². The summed E-state index contributed by atoms with van der Waals surface area (Å²) in [5.74, 6) is 1.07. The van der Waals surface area contributed by atoms with Crippen LogP contribution in [0.25, 0.3) is 4.96 Å². The molecule has 0 radical (unpaired) electrons. The molecule has 3 aromatic rings. The van der Waals surface area contributed by atoms with Crippen LogP contribution < -0.4 is 5.56 Å². The number of rotatable bonds is 3. The number of thiazole rings is 1. The van der Waals surface area contributed by atoms with Crippen molar-refractivity contribution in [1.82, 2.24) is 19.2 Å². The van der Waals surface area contributed by atoms with Crippen molar-refractivity contribution in [2.45, 2.75) is 13.5 Å². The van der Waals surface area contributed by atoms with Crippen LogP contribution in [0, 0.1) is 6.92 Å². The van der Waals surface area contributed by atoms with Gasteiger partial charge in [0.05, 0.1) is 5.69 Å². The summed E-state index contributed by atoms with van der Waals surface area (Å²) in [6, 6.07) is 5.11. The fourth-order valence-electron chi connectivity index (χ4n) is 3.01. The maximum Gasteiger partial charge on any atom is 0.289 e. The largest absolute Gasteiger partial charge is 0.456 e. The van der Waals surface area contributed by atoms with E-state index in [1.807, 2.05) is 12.3 Å². The number of piperazine rings is 1. The number of amides is 1. The minimum atomic E-state index is -0.0656. The molecule has 0 saturated carbocycles. The van der Waals surface area contributed by atoms with Crippen LogP contribution >= 0.6 is 11.3 Å². The quantitative estimate of drug-likeness (QED) is 0.711. The molecule has 25 heavy (non-hydrogen) atoms. The molecule has 130 valence electrons. The molecule has 0 atom stereocenters. The molecule has 1 aliphatic rings. The third-order valence-electron chi connectivity index (χ3n) is 4.35. The molecule has 0 aromatic carbocycles. The van der Waals surface area contributed by atoms with E-state index >= 15 is 0 Å². The Morgan fingerprint density at radius 2 is 2.08 bits per heavy atom. The molecule has 3 aromatic heterocycles. The summed E-state index contributed by atoms with van der Waals surface area (Å²) < 4.78 is 6.97. The van der Waals surface area contributed by atoms with Crippen molar-refractivity contribution < 1.29 is 9.21 Å². The van der Waals surface area contributed by atoms with E-state index in [9.17, 15) is 9.59 Å². The van der Waals surface area contributed by atoms with Crippen LogP contribution in [0.5, 0.6) is 0 Å². The lowest BCUT2D eigenvalue weighted by molar-refractivity contribution is 0.0595. The molecule has 4 heterocycles. The lowest BCUT2D eigenvalue weighted by Gasteiger charge is -2.34. The molecule has 7 nitrogen and oxygen atoms in total. The first-order valence-electron chi connectivity index (χ1n) is 8.14. The Morgan fingerprint density at radius 3 is 2.80 bits per heavy atom. The number of nitrogens with zero attached hydrogens (tertiary/aromatic N) is 4. The number of furan rings is 1. The molecule has 1 saturated heterocycles. The molecule has 1 fully saturated rings. The van der Waals surface area contributed by atoms with Gasteiger partial charge >= 0.3 is 0 Å². The molecule has 0 spiro atoms. The summed E-state index contributed by atoms with van der Waals surface area (Å²) in [6.45, 7) is 5.21. The van der Waals surface area contributed by atoms with Gasteiger partial charge in [-0.25, -0.2) is 4.98 Å². The number of hydrogen-bond acceptors (Lipinski definition) is 6. The van der Waals surface area contributed by atoms with Gasteiger partial charge in [-0.05, 0) is 19.1 Å². The Balaban J connectivity index is 1.40. The number of aromatic nitrogens is 2. The van der Waals surface area contributed by atoms with E-state index in [-0.39, 0.29) is 11.5 Å². The molecule has 0 aliphatic carbocycles. The zero-order chi connectivity index (χ0) is 17.4. The van der Waals surface area contributed by atoms with E-state index in [1.165, 1.54) is 11.3 Å². The normalized spacial score (nSPS) is 15.8. The Labute approximate surface area is 148 Å². The highest BCUT2D eigenvalue weighted by molar-refractivity contribution is 7.15. The fourth-order valence-corrected chi connectivity index (χ4v) is 3.75. The van der Waals surface area contributed by atoms with Crippen LogP contribution in [-0.2, 0) is 6.54 Å². The first kappa shape index (κ1) is 16.0. The van der Waals surface area contributed by atoms with Crippen LogP contribution in [0.4, 0.5) is 0 Å². The Morgan fingerprint density at radius 1 is 1.28 bits per heavy atom. The highest BCUT2D eigenvalue weighted by Gasteiger charge is 2.24. The number of aryl methyl sites for hydroxylation is 1. The summed E-state index contributed by atoms with van der Waals surface area (Å²) >= 11 is 1.45. The van der Waals surface area contributed by atoms with E-state index in [0.717, 1.165) is 24.5 Å². The lowest BCUT2D eigenvalue weighted by atomic mass is 10.2. The smallest absolute Gasteiger partial charge is 0.289 e. The standard InChI is InChI=1S/C17H18N4O3S/c1-12-2-3-14(24-12)16(23)20-6-4-19(5-7-20)11-13-10-15(22)21-8-9-25-17(21)18-13/h2-3,8-10H,4-7,11H2,1H3. The molecule has 0 bridgehead atoms. The predicted molar refractivity (Wildman–Crippen MR) is 94.0 cm³/mol. The summed E-state index contributed by atoms with van der Waals surface area (Å²) in [7, 11) is 0. The second-order valence-corrected chi connectivity index (χ2v) is 6.99. The molecular weight excluding hydrogens is 340 g/mol. The van der Waals surface area contributed by atoms with Gasteiger partial charge in [0.2, 0.25) is 0 Å². The zero-order valence-corrected chi connectivity index (χ0v) is 14.7. The van der Waals surface area contributed by atoms with Crippen molar-refractivity contribution in [1.29, 1.82) is 0 Å². The molecule has 1 aliphatic heterocycles. The Bertz CT molecular complexity index is 966. The SMILES string of the molecule is Cc1ccc(C(=O)N2CCN(Cc3cc(=O)n4ccsc4n3)CC2)o1. The number of carbonyl (C=O) groups excluding carboxylic acids is 1. The number of hydrogen-bond donors (Lipinski definition) is 0. The van der Waals surface area contributed by atoms with Gasteiger partial charge in [-0.2, -0.15) is 0 Å². The lowest BCUT2D eigenvalue weighted by Crippen LogP contribution is -2.48. The topological polar surface area (TPSA) is 71.1 Å². The van der Waals surface area contributed by atoms with Crippen molar-refractivity contribution >= 4 is 22.2 Å². The minimum absolute atomic E-state index is 0.0525. The first-order valence-corrected chi connectivity index (χ1v) is 9.02. The van der Waals surface area contributed by atoms with E-state index in [4.69, 9.17) is 4.42 Å². The van der Waals surface area contributed by atoms with Crippen LogP contribution in [0.3, 0.4) is 0 Å². The first-order chi connectivity index (χ1) is 12.1. The summed E-state index contributed by atoms with van der Waals surface area (Å²) in [5.41, 5.74) is 0.720. The molecule has 8 heteroatoms. The minimum Gasteiger partial charge on any atom is -0.456 e. The monoisotopic (exact) mass is 358 g/mol. The maximum absolute atomic E-state index is 12.4.